The van der Waals surface area contributed by atoms with Crippen molar-refractivity contribution in [3.8, 4) is 0 Å². The van der Waals surface area contributed by atoms with Gasteiger partial charge >= 0.3 is 15.5 Å². The van der Waals surface area contributed by atoms with E-state index in [0.29, 0.717) is 5.56 Å². The van der Waals surface area contributed by atoms with Gasteiger partial charge in [0.15, 0.2) is 0 Å². The SMILES string of the molecule is Cc1ccc([C@@H]2C[C@@]2(CNS(=O)(=O)C(F)(F)F)c2c(F)cccc2F)cc1. The zero-order valence-electron chi connectivity index (χ0n) is 14.1. The number of aryl methyl sites for hydroxylation is 1. The number of sulfonamides is 1. The smallest absolute Gasteiger partial charge is 0.207 e. The average Bonchev–Trinajstić information content (AvgIpc) is 3.28. The van der Waals surface area contributed by atoms with Crippen molar-refractivity contribution >= 4 is 10.0 Å². The normalized spacial score (nSPS) is 22.7. The van der Waals surface area contributed by atoms with Crippen molar-refractivity contribution in [2.45, 2.75) is 30.2 Å². The minimum absolute atomic E-state index is 0.119. The fourth-order valence-corrected chi connectivity index (χ4v) is 3.99. The van der Waals surface area contributed by atoms with Crippen LogP contribution in [0, 0.1) is 18.6 Å². The summed E-state index contributed by atoms with van der Waals surface area (Å²) in [5.74, 6) is -2.35. The van der Waals surface area contributed by atoms with E-state index < -0.39 is 50.6 Å². The molecule has 0 spiro atoms. The van der Waals surface area contributed by atoms with Gasteiger partial charge in [-0.2, -0.15) is 13.2 Å². The summed E-state index contributed by atoms with van der Waals surface area (Å²) < 4.78 is 90.9. The van der Waals surface area contributed by atoms with Crippen LogP contribution in [0.2, 0.25) is 0 Å². The summed E-state index contributed by atoms with van der Waals surface area (Å²) in [6.45, 7) is 1.09. The molecular formula is C18H16F5NO2S. The van der Waals surface area contributed by atoms with Gasteiger partial charge in [-0.05, 0) is 37.0 Å². The van der Waals surface area contributed by atoms with Gasteiger partial charge in [-0.25, -0.2) is 21.9 Å². The summed E-state index contributed by atoms with van der Waals surface area (Å²) in [6, 6.07) is 10.1. The predicted octanol–water partition coefficient (Wildman–Crippen LogP) is 4.14. The highest BCUT2D eigenvalue weighted by molar-refractivity contribution is 7.90. The second-order valence-electron chi connectivity index (χ2n) is 6.69. The molecule has 2 aromatic carbocycles. The van der Waals surface area contributed by atoms with Crippen LogP contribution in [0.25, 0.3) is 0 Å². The van der Waals surface area contributed by atoms with Gasteiger partial charge < -0.3 is 0 Å². The van der Waals surface area contributed by atoms with Crippen LogP contribution in [0.15, 0.2) is 42.5 Å². The molecule has 27 heavy (non-hydrogen) atoms. The molecule has 1 aliphatic rings. The predicted molar refractivity (Wildman–Crippen MR) is 89.6 cm³/mol. The van der Waals surface area contributed by atoms with Gasteiger partial charge in [-0.3, -0.25) is 0 Å². The Morgan fingerprint density at radius 2 is 1.63 bits per heavy atom. The molecule has 0 aromatic heterocycles. The summed E-state index contributed by atoms with van der Waals surface area (Å²) in [7, 11) is -5.63. The van der Waals surface area contributed by atoms with Gasteiger partial charge in [-0.15, -0.1) is 0 Å². The second-order valence-corrected chi connectivity index (χ2v) is 8.45. The lowest BCUT2D eigenvalue weighted by atomic mass is 9.89. The number of rotatable bonds is 5. The van der Waals surface area contributed by atoms with Crippen molar-refractivity contribution in [1.29, 1.82) is 0 Å². The molecule has 0 saturated heterocycles. The summed E-state index contributed by atoms with van der Waals surface area (Å²) in [5, 5.41) is 0. The summed E-state index contributed by atoms with van der Waals surface area (Å²) >= 11 is 0. The van der Waals surface area contributed by atoms with E-state index in [1.165, 1.54) is 4.72 Å². The molecule has 2 aromatic rings. The van der Waals surface area contributed by atoms with Crippen molar-refractivity contribution < 1.29 is 30.4 Å². The second kappa shape index (κ2) is 6.56. The minimum atomic E-state index is -5.63. The van der Waals surface area contributed by atoms with Crippen LogP contribution < -0.4 is 4.72 Å². The number of benzene rings is 2. The molecule has 0 radical (unpaired) electrons. The molecule has 9 heteroatoms. The van der Waals surface area contributed by atoms with Crippen molar-refractivity contribution in [3.63, 3.8) is 0 Å². The Labute approximate surface area is 153 Å². The Balaban J connectivity index is 2.01. The van der Waals surface area contributed by atoms with Crippen LogP contribution in [0.4, 0.5) is 22.0 Å². The monoisotopic (exact) mass is 405 g/mol. The lowest BCUT2D eigenvalue weighted by Crippen LogP contribution is -2.41. The van der Waals surface area contributed by atoms with Crippen molar-refractivity contribution in [2.75, 3.05) is 6.54 Å². The third-order valence-corrected chi connectivity index (χ3v) is 6.03. The van der Waals surface area contributed by atoms with Gasteiger partial charge in [0.25, 0.3) is 0 Å². The number of hydrogen-bond donors (Lipinski definition) is 1. The lowest BCUT2D eigenvalue weighted by molar-refractivity contribution is -0.0448. The van der Waals surface area contributed by atoms with E-state index in [9.17, 15) is 30.4 Å². The molecule has 1 fully saturated rings. The first-order chi connectivity index (χ1) is 12.5. The fourth-order valence-electron chi connectivity index (χ4n) is 3.38. The highest BCUT2D eigenvalue weighted by Gasteiger charge is 2.59. The minimum Gasteiger partial charge on any atom is -0.207 e. The number of alkyl halides is 3. The van der Waals surface area contributed by atoms with Crippen molar-refractivity contribution in [2.24, 2.45) is 0 Å². The highest BCUT2D eigenvalue weighted by Crippen LogP contribution is 2.61. The highest BCUT2D eigenvalue weighted by atomic mass is 32.2. The topological polar surface area (TPSA) is 46.2 Å². The largest absolute Gasteiger partial charge is 0.511 e. The van der Waals surface area contributed by atoms with Gasteiger partial charge in [0.05, 0.1) is 0 Å². The van der Waals surface area contributed by atoms with Crippen LogP contribution in [0.3, 0.4) is 0 Å². The van der Waals surface area contributed by atoms with E-state index in [0.717, 1.165) is 23.8 Å². The van der Waals surface area contributed by atoms with Crippen LogP contribution in [0.1, 0.15) is 29.0 Å². The Morgan fingerprint density at radius 1 is 1.07 bits per heavy atom. The van der Waals surface area contributed by atoms with E-state index >= 15 is 0 Å². The van der Waals surface area contributed by atoms with Crippen LogP contribution in [-0.4, -0.2) is 20.5 Å². The molecule has 2 atom stereocenters. The molecule has 0 heterocycles. The van der Waals surface area contributed by atoms with E-state index in [1.54, 1.807) is 24.3 Å². The van der Waals surface area contributed by atoms with E-state index in [-0.39, 0.29) is 6.42 Å². The summed E-state index contributed by atoms with van der Waals surface area (Å²) in [6.07, 6.45) is 0.119. The Kier molecular flexibility index (Phi) is 4.80. The molecule has 1 saturated carbocycles. The quantitative estimate of drug-likeness (QED) is 0.761. The molecule has 0 amide bonds. The molecule has 1 N–H and O–H groups in total. The Hall–Kier alpha value is -2.00. The van der Waals surface area contributed by atoms with Crippen LogP contribution >= 0.6 is 0 Å². The summed E-state index contributed by atoms with van der Waals surface area (Å²) in [4.78, 5) is 0. The molecule has 3 nitrogen and oxygen atoms in total. The maximum absolute atomic E-state index is 14.4. The Bertz CT molecular complexity index is 936. The maximum Gasteiger partial charge on any atom is 0.511 e. The number of hydrogen-bond acceptors (Lipinski definition) is 2. The lowest BCUT2D eigenvalue weighted by Gasteiger charge is -2.21. The molecule has 3 rings (SSSR count). The van der Waals surface area contributed by atoms with E-state index in [2.05, 4.69) is 0 Å². The van der Waals surface area contributed by atoms with Crippen molar-refractivity contribution in [3.05, 3.63) is 70.8 Å². The van der Waals surface area contributed by atoms with Crippen LogP contribution in [-0.2, 0) is 15.4 Å². The molecule has 0 bridgehead atoms. The van der Waals surface area contributed by atoms with Gasteiger partial charge in [-0.1, -0.05) is 35.9 Å². The molecule has 0 aliphatic heterocycles. The molecule has 1 aliphatic carbocycles. The third-order valence-electron chi connectivity index (χ3n) is 4.90. The first-order valence-corrected chi connectivity index (χ1v) is 9.53. The van der Waals surface area contributed by atoms with Crippen LogP contribution in [0.5, 0.6) is 0 Å². The first-order valence-electron chi connectivity index (χ1n) is 8.05. The molecule has 0 unspecified atom stereocenters. The standard InChI is InChI=1S/C18H16F5NO2S/c1-11-5-7-12(8-6-11)13-9-17(13,10-24-27(25,26)18(21,22)23)16-14(19)3-2-4-15(16)20/h2-8,13,24H,9-10H2,1H3/t13-,17-/m0/s1. The van der Waals surface area contributed by atoms with E-state index in [1.807, 2.05) is 6.92 Å². The summed E-state index contributed by atoms with van der Waals surface area (Å²) in [5.41, 5.74) is -5.71. The third kappa shape index (κ3) is 3.58. The molecular weight excluding hydrogens is 389 g/mol. The zero-order valence-corrected chi connectivity index (χ0v) is 15.0. The first kappa shape index (κ1) is 19.8. The molecule has 146 valence electrons. The average molecular weight is 405 g/mol. The van der Waals surface area contributed by atoms with Crippen molar-refractivity contribution in [1.82, 2.24) is 4.72 Å². The Morgan fingerprint density at radius 3 is 2.15 bits per heavy atom. The fraction of sp³-hybridized carbons (Fsp3) is 0.333. The van der Waals surface area contributed by atoms with E-state index in [4.69, 9.17) is 0 Å². The van der Waals surface area contributed by atoms with Gasteiger partial charge in [0.1, 0.15) is 11.6 Å². The number of nitrogens with one attached hydrogen (secondary N) is 1. The van der Waals surface area contributed by atoms with Gasteiger partial charge in [0, 0.05) is 17.5 Å². The maximum atomic E-state index is 14.4. The zero-order chi connectivity index (χ0) is 20.0. The number of halogens is 5. The van der Waals surface area contributed by atoms with Gasteiger partial charge in [0.2, 0.25) is 0 Å².